The number of aromatic amines is 1. The molecule has 10 nitrogen and oxygen atoms in total. The number of carbonyl (C=O) groups excluding carboxylic acids is 3. The van der Waals surface area contributed by atoms with E-state index in [2.05, 4.69) is 15.6 Å². The lowest BCUT2D eigenvalue weighted by Crippen LogP contribution is -2.58. The van der Waals surface area contributed by atoms with Gasteiger partial charge >= 0.3 is 5.97 Å². The number of fused-ring (bicyclic) bond motifs is 1. The first kappa shape index (κ1) is 28.8. The number of amides is 3. The summed E-state index contributed by atoms with van der Waals surface area (Å²) in [5.41, 5.74) is 8.62. The van der Waals surface area contributed by atoms with Crippen molar-refractivity contribution in [3.8, 4) is 0 Å². The van der Waals surface area contributed by atoms with Gasteiger partial charge in [0.15, 0.2) is 0 Å². The highest BCUT2D eigenvalue weighted by Crippen LogP contribution is 2.21. The maximum absolute atomic E-state index is 13.8. The molecule has 1 aliphatic heterocycles. The van der Waals surface area contributed by atoms with Gasteiger partial charge < -0.3 is 31.4 Å². The number of aliphatic carboxylic acids is 1. The third kappa shape index (κ3) is 6.69. The van der Waals surface area contributed by atoms with Crippen LogP contribution >= 0.6 is 0 Å². The van der Waals surface area contributed by atoms with Crippen LogP contribution in [0.5, 0.6) is 0 Å². The largest absolute Gasteiger partial charge is 0.480 e. The summed E-state index contributed by atoms with van der Waals surface area (Å²) in [5.74, 6) is -2.69. The van der Waals surface area contributed by atoms with Crippen molar-refractivity contribution in [2.45, 2.75) is 63.7 Å². The molecule has 6 N–H and O–H groups in total. The molecule has 3 aromatic rings. The van der Waals surface area contributed by atoms with Gasteiger partial charge in [-0.05, 0) is 36.0 Å². The summed E-state index contributed by atoms with van der Waals surface area (Å²) in [6.45, 7) is 3.95. The molecule has 40 heavy (non-hydrogen) atoms. The van der Waals surface area contributed by atoms with Crippen LogP contribution in [0.2, 0.25) is 0 Å². The number of carbonyl (C=O) groups is 4. The molecule has 0 spiro atoms. The molecule has 0 saturated carbocycles. The number of nitrogens with two attached hydrogens (primary N) is 1. The molecule has 2 aromatic carbocycles. The Labute approximate surface area is 233 Å². The molecular formula is C30H37N5O5. The molecule has 2 heterocycles. The molecule has 10 heteroatoms. The summed E-state index contributed by atoms with van der Waals surface area (Å²) in [7, 11) is 0. The average Bonchev–Trinajstić information content (AvgIpc) is 3.60. The van der Waals surface area contributed by atoms with E-state index in [1.807, 2.05) is 68.4 Å². The molecule has 4 rings (SSSR count). The molecule has 4 unspecified atom stereocenters. The van der Waals surface area contributed by atoms with Crippen molar-refractivity contribution in [1.82, 2.24) is 20.5 Å². The number of para-hydroxylation sites is 1. The van der Waals surface area contributed by atoms with E-state index in [1.54, 1.807) is 6.20 Å². The zero-order valence-electron chi connectivity index (χ0n) is 22.8. The van der Waals surface area contributed by atoms with E-state index in [9.17, 15) is 24.3 Å². The Morgan fingerprint density at radius 2 is 1.65 bits per heavy atom. The summed E-state index contributed by atoms with van der Waals surface area (Å²) < 4.78 is 0. The van der Waals surface area contributed by atoms with E-state index >= 15 is 0 Å². The molecule has 212 valence electrons. The van der Waals surface area contributed by atoms with Crippen molar-refractivity contribution in [2.24, 2.45) is 11.7 Å². The minimum atomic E-state index is -1.07. The zero-order chi connectivity index (χ0) is 28.8. The maximum Gasteiger partial charge on any atom is 0.326 e. The Morgan fingerprint density at radius 3 is 2.35 bits per heavy atom. The third-order valence-corrected chi connectivity index (χ3v) is 7.47. The monoisotopic (exact) mass is 547 g/mol. The molecule has 3 amide bonds. The van der Waals surface area contributed by atoms with Crippen LogP contribution in [0.4, 0.5) is 0 Å². The van der Waals surface area contributed by atoms with Gasteiger partial charge in [0.05, 0.1) is 6.04 Å². The number of likely N-dealkylation sites (tertiary alicyclic amines) is 1. The lowest BCUT2D eigenvalue weighted by Gasteiger charge is -2.29. The van der Waals surface area contributed by atoms with E-state index in [4.69, 9.17) is 5.73 Å². The number of carboxylic acids is 1. The average molecular weight is 548 g/mol. The first-order valence-electron chi connectivity index (χ1n) is 13.6. The topological polar surface area (TPSA) is 158 Å². The molecule has 1 aromatic heterocycles. The van der Waals surface area contributed by atoms with E-state index in [-0.39, 0.29) is 18.8 Å². The number of nitrogens with zero attached hydrogens (tertiary/aromatic N) is 1. The minimum Gasteiger partial charge on any atom is -0.480 e. The van der Waals surface area contributed by atoms with E-state index in [0.717, 1.165) is 22.0 Å². The normalized spacial score (nSPS) is 17.4. The first-order valence-corrected chi connectivity index (χ1v) is 13.6. The fourth-order valence-electron chi connectivity index (χ4n) is 5.11. The number of carboxylic acid groups (broad SMARTS) is 1. The Balaban J connectivity index is 1.62. The fraction of sp³-hybridized carbons (Fsp3) is 0.400. The molecule has 0 radical (unpaired) electrons. The molecule has 1 fully saturated rings. The van der Waals surface area contributed by atoms with E-state index < -0.39 is 47.9 Å². The second-order valence-electron chi connectivity index (χ2n) is 10.7. The Kier molecular flexibility index (Phi) is 9.21. The van der Waals surface area contributed by atoms with Gasteiger partial charge in [0.25, 0.3) is 0 Å². The number of hydrogen-bond acceptors (Lipinski definition) is 5. The number of nitrogens with one attached hydrogen (secondary N) is 3. The summed E-state index contributed by atoms with van der Waals surface area (Å²) in [5, 5.41) is 16.2. The van der Waals surface area contributed by atoms with E-state index in [0.29, 0.717) is 19.4 Å². The Bertz CT molecular complexity index is 1350. The zero-order valence-corrected chi connectivity index (χ0v) is 22.8. The van der Waals surface area contributed by atoms with Crippen LogP contribution in [-0.4, -0.2) is 69.4 Å². The Hall–Kier alpha value is -4.18. The number of hydrogen-bond donors (Lipinski definition) is 5. The molecule has 1 aliphatic rings. The lowest BCUT2D eigenvalue weighted by molar-refractivity contribution is -0.149. The predicted octanol–water partition coefficient (Wildman–Crippen LogP) is 1.98. The number of rotatable bonds is 11. The van der Waals surface area contributed by atoms with Gasteiger partial charge in [-0.15, -0.1) is 0 Å². The van der Waals surface area contributed by atoms with Gasteiger partial charge in [0.1, 0.15) is 18.1 Å². The summed E-state index contributed by atoms with van der Waals surface area (Å²) in [6, 6.07) is 13.1. The molecular weight excluding hydrogens is 510 g/mol. The lowest BCUT2D eigenvalue weighted by atomic mass is 10.00. The Morgan fingerprint density at radius 1 is 0.975 bits per heavy atom. The highest BCUT2D eigenvalue weighted by atomic mass is 16.4. The van der Waals surface area contributed by atoms with E-state index in [1.165, 1.54) is 4.90 Å². The summed E-state index contributed by atoms with van der Waals surface area (Å²) in [4.78, 5) is 56.8. The van der Waals surface area contributed by atoms with Crippen LogP contribution in [0, 0.1) is 5.92 Å². The smallest absolute Gasteiger partial charge is 0.326 e. The van der Waals surface area contributed by atoms with Crippen molar-refractivity contribution in [3.05, 3.63) is 71.9 Å². The SMILES string of the molecule is CC(C)C(N)C(=O)NC(Cc1c[nH]c2ccccc12)C(=O)NC(Cc1ccccc1)C(=O)N1CCCC1C(=O)O. The van der Waals surface area contributed by atoms with Gasteiger partial charge in [0.2, 0.25) is 17.7 Å². The third-order valence-electron chi connectivity index (χ3n) is 7.47. The number of benzene rings is 2. The highest BCUT2D eigenvalue weighted by molar-refractivity contribution is 5.95. The van der Waals surface area contributed by atoms with Gasteiger partial charge in [-0.2, -0.15) is 0 Å². The number of aromatic nitrogens is 1. The van der Waals surface area contributed by atoms with Crippen molar-refractivity contribution in [3.63, 3.8) is 0 Å². The quantitative estimate of drug-likeness (QED) is 0.247. The summed E-state index contributed by atoms with van der Waals surface area (Å²) in [6.07, 6.45) is 3.07. The van der Waals surface area contributed by atoms with Gasteiger partial charge in [-0.1, -0.05) is 62.4 Å². The molecule has 1 saturated heterocycles. The highest BCUT2D eigenvalue weighted by Gasteiger charge is 2.38. The van der Waals surface area contributed by atoms with Crippen LogP contribution in [0.1, 0.15) is 37.8 Å². The molecule has 0 bridgehead atoms. The van der Waals surface area contributed by atoms with Crippen LogP contribution in [0.15, 0.2) is 60.8 Å². The predicted molar refractivity (Wildman–Crippen MR) is 151 cm³/mol. The number of H-pyrrole nitrogens is 1. The van der Waals surface area contributed by atoms with Crippen molar-refractivity contribution in [2.75, 3.05) is 6.54 Å². The second-order valence-corrected chi connectivity index (χ2v) is 10.7. The second kappa shape index (κ2) is 12.8. The standard InChI is InChI=1S/C30H37N5O5/c1-18(2)26(31)28(37)33-23(16-20-17-32-22-12-7-6-11-21(20)22)27(36)34-24(15-19-9-4-3-5-10-19)29(38)35-14-8-13-25(35)30(39)40/h3-7,9-12,17-18,23-26,32H,8,13-16,31H2,1-2H3,(H,33,37)(H,34,36)(H,39,40). The first-order chi connectivity index (χ1) is 19.2. The molecule has 0 aliphatic carbocycles. The van der Waals surface area contributed by atoms with Gasteiger partial charge in [0, 0.05) is 36.5 Å². The van der Waals surface area contributed by atoms with Crippen LogP contribution in [-0.2, 0) is 32.0 Å². The van der Waals surface area contributed by atoms with Crippen LogP contribution in [0.3, 0.4) is 0 Å². The van der Waals surface area contributed by atoms with Crippen LogP contribution < -0.4 is 16.4 Å². The maximum atomic E-state index is 13.8. The van der Waals surface area contributed by atoms with Crippen molar-refractivity contribution >= 4 is 34.6 Å². The minimum absolute atomic E-state index is 0.146. The van der Waals surface area contributed by atoms with Crippen molar-refractivity contribution < 1.29 is 24.3 Å². The molecule has 4 atom stereocenters. The van der Waals surface area contributed by atoms with Crippen molar-refractivity contribution in [1.29, 1.82) is 0 Å². The van der Waals surface area contributed by atoms with Gasteiger partial charge in [-0.25, -0.2) is 4.79 Å². The van der Waals surface area contributed by atoms with Gasteiger partial charge in [-0.3, -0.25) is 14.4 Å². The van der Waals surface area contributed by atoms with Crippen LogP contribution in [0.25, 0.3) is 10.9 Å². The summed E-state index contributed by atoms with van der Waals surface area (Å²) >= 11 is 0. The fourth-order valence-corrected chi connectivity index (χ4v) is 5.11.